The molecule has 1 aromatic rings. The van der Waals surface area contributed by atoms with E-state index in [2.05, 4.69) is 5.32 Å². The fourth-order valence-corrected chi connectivity index (χ4v) is 2.95. The van der Waals surface area contributed by atoms with Gasteiger partial charge >= 0.3 is 5.97 Å². The van der Waals surface area contributed by atoms with Gasteiger partial charge < -0.3 is 24.4 Å². The lowest BCUT2D eigenvalue weighted by molar-refractivity contribution is -0.152. The molecule has 10 heteroatoms. The van der Waals surface area contributed by atoms with E-state index in [1.54, 1.807) is 6.07 Å². The molecule has 0 spiro atoms. The molecule has 9 nitrogen and oxygen atoms in total. The number of halogens is 1. The minimum atomic E-state index is -0.718. The molecule has 1 fully saturated rings. The lowest BCUT2D eigenvalue weighted by atomic mass is 10.1. The highest BCUT2D eigenvalue weighted by Gasteiger charge is 2.37. The molecule has 1 N–H and O–H groups in total. The van der Waals surface area contributed by atoms with Crippen molar-refractivity contribution in [3.05, 3.63) is 17.2 Å². The molecule has 1 aliphatic heterocycles. The molecular formula is C18H20ClN3O6. The van der Waals surface area contributed by atoms with Gasteiger partial charge in [0.15, 0.2) is 6.61 Å². The van der Waals surface area contributed by atoms with Gasteiger partial charge in [0.25, 0.3) is 5.91 Å². The van der Waals surface area contributed by atoms with Gasteiger partial charge in [-0.2, -0.15) is 5.26 Å². The topological polar surface area (TPSA) is 118 Å². The summed E-state index contributed by atoms with van der Waals surface area (Å²) in [6, 6.07) is 4.98. The van der Waals surface area contributed by atoms with E-state index in [0.29, 0.717) is 22.2 Å². The van der Waals surface area contributed by atoms with Crippen LogP contribution in [-0.2, 0) is 19.1 Å². The van der Waals surface area contributed by atoms with Gasteiger partial charge in [0, 0.05) is 25.6 Å². The van der Waals surface area contributed by atoms with E-state index >= 15 is 0 Å². The van der Waals surface area contributed by atoms with Crippen LogP contribution in [0.2, 0.25) is 5.02 Å². The van der Waals surface area contributed by atoms with Crippen molar-refractivity contribution in [3.63, 3.8) is 0 Å². The number of rotatable bonds is 8. The zero-order valence-corrected chi connectivity index (χ0v) is 16.2. The third kappa shape index (κ3) is 5.04. The molecule has 1 heterocycles. The molecule has 0 radical (unpaired) electrons. The summed E-state index contributed by atoms with van der Waals surface area (Å²) in [6.07, 6.45) is 0.111. The van der Waals surface area contributed by atoms with Crippen molar-refractivity contribution in [1.29, 1.82) is 5.26 Å². The fourth-order valence-electron chi connectivity index (χ4n) is 2.72. The van der Waals surface area contributed by atoms with Crippen LogP contribution in [0, 0.1) is 17.2 Å². The first-order valence-corrected chi connectivity index (χ1v) is 8.81. The smallest absolute Gasteiger partial charge is 0.311 e. The maximum Gasteiger partial charge on any atom is 0.311 e. The van der Waals surface area contributed by atoms with Crippen LogP contribution in [0.1, 0.15) is 12.8 Å². The third-order valence-corrected chi connectivity index (χ3v) is 4.40. The number of carbonyl (C=O) groups excluding carboxylic acids is 3. The van der Waals surface area contributed by atoms with Crippen molar-refractivity contribution in [1.82, 2.24) is 5.32 Å². The number of ether oxygens (including phenoxy) is 3. The summed E-state index contributed by atoms with van der Waals surface area (Å²) in [7, 11) is 2.91. The molecule has 0 aliphatic carbocycles. The Hall–Kier alpha value is -2.99. The Morgan fingerprint density at radius 2 is 2.04 bits per heavy atom. The van der Waals surface area contributed by atoms with Gasteiger partial charge in [0.1, 0.15) is 11.5 Å². The second-order valence-corrected chi connectivity index (χ2v) is 6.34. The predicted octanol–water partition coefficient (Wildman–Crippen LogP) is 1.28. The van der Waals surface area contributed by atoms with Crippen molar-refractivity contribution in [2.45, 2.75) is 12.8 Å². The van der Waals surface area contributed by atoms with Crippen molar-refractivity contribution in [2.24, 2.45) is 5.92 Å². The van der Waals surface area contributed by atoms with E-state index in [1.807, 2.05) is 6.07 Å². The first-order chi connectivity index (χ1) is 13.4. The number of carbonyl (C=O) groups is 3. The van der Waals surface area contributed by atoms with Crippen LogP contribution in [0.4, 0.5) is 5.69 Å². The molecule has 0 saturated carbocycles. The highest BCUT2D eigenvalue weighted by molar-refractivity contribution is 6.32. The largest absolute Gasteiger partial charge is 0.495 e. The van der Waals surface area contributed by atoms with E-state index in [-0.39, 0.29) is 31.8 Å². The van der Waals surface area contributed by atoms with E-state index in [4.69, 9.17) is 31.1 Å². The van der Waals surface area contributed by atoms with Crippen LogP contribution in [0.5, 0.6) is 11.5 Å². The minimum absolute atomic E-state index is 0.0539. The Bertz CT molecular complexity index is 807. The molecule has 0 aromatic heterocycles. The van der Waals surface area contributed by atoms with Crippen LogP contribution < -0.4 is 19.7 Å². The van der Waals surface area contributed by atoms with Crippen molar-refractivity contribution >= 4 is 35.1 Å². The first kappa shape index (κ1) is 21.3. The van der Waals surface area contributed by atoms with Crippen LogP contribution in [0.15, 0.2) is 12.1 Å². The summed E-state index contributed by atoms with van der Waals surface area (Å²) in [5, 5.41) is 11.2. The normalized spacial score (nSPS) is 15.7. The molecule has 28 heavy (non-hydrogen) atoms. The summed E-state index contributed by atoms with van der Waals surface area (Å²) in [5.41, 5.74) is 0.419. The number of nitrogens with one attached hydrogen (secondary N) is 1. The summed E-state index contributed by atoms with van der Waals surface area (Å²) in [6.45, 7) is -0.208. The van der Waals surface area contributed by atoms with Crippen LogP contribution in [0.25, 0.3) is 0 Å². The Kier molecular flexibility index (Phi) is 7.46. The van der Waals surface area contributed by atoms with Gasteiger partial charge in [-0.1, -0.05) is 11.6 Å². The number of amides is 2. The molecule has 2 amide bonds. The Morgan fingerprint density at radius 1 is 1.32 bits per heavy atom. The Labute approximate surface area is 167 Å². The second-order valence-electron chi connectivity index (χ2n) is 5.93. The second kappa shape index (κ2) is 9.80. The van der Waals surface area contributed by atoms with Crippen molar-refractivity contribution in [2.75, 3.05) is 38.8 Å². The zero-order valence-electron chi connectivity index (χ0n) is 15.5. The molecule has 1 aromatic carbocycles. The zero-order chi connectivity index (χ0) is 20.7. The number of nitriles is 1. The van der Waals surface area contributed by atoms with Gasteiger partial charge in [0.05, 0.1) is 43.3 Å². The lowest BCUT2D eigenvalue weighted by Gasteiger charge is -2.20. The summed E-state index contributed by atoms with van der Waals surface area (Å²) < 4.78 is 15.4. The number of nitrogens with zero attached hydrogens (tertiary/aromatic N) is 2. The monoisotopic (exact) mass is 409 g/mol. The summed E-state index contributed by atoms with van der Waals surface area (Å²) in [5.74, 6) is -1.39. The summed E-state index contributed by atoms with van der Waals surface area (Å²) in [4.78, 5) is 37.6. The maximum absolute atomic E-state index is 12.4. The number of anilines is 1. The number of esters is 1. The molecule has 0 bridgehead atoms. The van der Waals surface area contributed by atoms with Crippen molar-refractivity contribution < 1.29 is 28.6 Å². The number of benzene rings is 1. The molecular weight excluding hydrogens is 390 g/mol. The first-order valence-electron chi connectivity index (χ1n) is 8.43. The highest BCUT2D eigenvalue weighted by Crippen LogP contribution is 2.40. The quantitative estimate of drug-likeness (QED) is 0.507. The average Bonchev–Trinajstić information content (AvgIpc) is 3.07. The molecule has 1 saturated heterocycles. The number of hydrogen-bond acceptors (Lipinski definition) is 7. The van der Waals surface area contributed by atoms with E-state index in [1.165, 1.54) is 25.2 Å². The van der Waals surface area contributed by atoms with E-state index < -0.39 is 24.4 Å². The van der Waals surface area contributed by atoms with Gasteiger partial charge in [-0.15, -0.1) is 0 Å². The predicted molar refractivity (Wildman–Crippen MR) is 99.2 cm³/mol. The molecule has 2 rings (SSSR count). The fraction of sp³-hybridized carbons (Fsp3) is 0.444. The number of methoxy groups -OCH3 is 2. The van der Waals surface area contributed by atoms with Gasteiger partial charge in [0.2, 0.25) is 5.91 Å². The van der Waals surface area contributed by atoms with Gasteiger partial charge in [-0.25, -0.2) is 0 Å². The van der Waals surface area contributed by atoms with Crippen LogP contribution >= 0.6 is 11.6 Å². The molecule has 150 valence electrons. The SMILES string of the molecule is COc1cc(OC)c(N2C[C@@H](C(=O)OCC(=O)NCCC#N)CC2=O)cc1Cl. The van der Waals surface area contributed by atoms with Crippen molar-refractivity contribution in [3.8, 4) is 17.6 Å². The van der Waals surface area contributed by atoms with Gasteiger partial charge in [-0.3, -0.25) is 14.4 Å². The standard InChI is InChI=1S/C18H20ClN3O6/c1-26-14-8-15(27-2)13(7-12(14)19)22-9-11(6-17(22)24)18(25)28-10-16(23)21-5-3-4-20/h7-8,11H,3,5-6,9-10H2,1-2H3,(H,21,23)/t11-/m0/s1. The molecule has 1 aliphatic rings. The van der Waals surface area contributed by atoms with E-state index in [0.717, 1.165) is 0 Å². The van der Waals surface area contributed by atoms with Gasteiger partial charge in [-0.05, 0) is 6.07 Å². The number of hydrogen-bond donors (Lipinski definition) is 1. The highest BCUT2D eigenvalue weighted by atomic mass is 35.5. The average molecular weight is 410 g/mol. The van der Waals surface area contributed by atoms with E-state index in [9.17, 15) is 14.4 Å². The Balaban J connectivity index is 2.02. The maximum atomic E-state index is 12.4. The summed E-state index contributed by atoms with van der Waals surface area (Å²) >= 11 is 6.15. The molecule has 0 unspecified atom stereocenters. The van der Waals surface area contributed by atoms with Crippen LogP contribution in [-0.4, -0.2) is 51.7 Å². The minimum Gasteiger partial charge on any atom is -0.495 e. The molecule has 1 atom stereocenters. The van der Waals surface area contributed by atoms with Crippen LogP contribution in [0.3, 0.4) is 0 Å². The Morgan fingerprint density at radius 3 is 2.68 bits per heavy atom. The lowest BCUT2D eigenvalue weighted by Crippen LogP contribution is -2.31. The third-order valence-electron chi connectivity index (χ3n) is 4.11.